The molecule has 0 aliphatic carbocycles. The largest absolute Gasteiger partial charge is 0.271 e. The molecule has 1 amide bonds. The van der Waals surface area contributed by atoms with Crippen molar-refractivity contribution in [3.63, 3.8) is 0 Å². The lowest BCUT2D eigenvalue weighted by molar-refractivity contribution is -0.119. The second kappa shape index (κ2) is 5.66. The second-order valence-electron chi connectivity index (χ2n) is 5.08. The van der Waals surface area contributed by atoms with Gasteiger partial charge in [0.15, 0.2) is 0 Å². The lowest BCUT2D eigenvalue weighted by Gasteiger charge is -2.20. The summed E-state index contributed by atoms with van der Waals surface area (Å²) in [5, 5.41) is 1.53. The monoisotopic (exact) mass is 315 g/mol. The summed E-state index contributed by atoms with van der Waals surface area (Å²) in [6.45, 7) is 1.93. The molecule has 0 saturated carbocycles. The van der Waals surface area contributed by atoms with Gasteiger partial charge in [-0.25, -0.2) is 4.99 Å². The Hall–Kier alpha value is -1.58. The van der Waals surface area contributed by atoms with E-state index in [9.17, 15) is 4.79 Å². The molecule has 0 unspecified atom stereocenters. The maximum absolute atomic E-state index is 12.3. The summed E-state index contributed by atoms with van der Waals surface area (Å²) in [6.07, 6.45) is 0.596. The average molecular weight is 316 g/mol. The number of aliphatic imine (C=N–C) groups is 1. The Kier molecular flexibility index (Phi) is 3.87. The summed E-state index contributed by atoms with van der Waals surface area (Å²) >= 11 is 7.70. The van der Waals surface area contributed by atoms with E-state index in [2.05, 4.69) is 4.99 Å². The molecule has 0 N–H and O–H groups in total. The summed E-state index contributed by atoms with van der Waals surface area (Å²) < 4.78 is -0.627. The van der Waals surface area contributed by atoms with Crippen molar-refractivity contribution in [1.29, 1.82) is 0 Å². The molecule has 2 aromatic carbocycles. The van der Waals surface area contributed by atoms with Crippen LogP contribution in [0.4, 0.5) is 0 Å². The number of nitrogens with zero attached hydrogens (tertiary/aromatic N) is 1. The molecule has 1 heterocycles. The highest BCUT2D eigenvalue weighted by Gasteiger charge is 2.42. The van der Waals surface area contributed by atoms with Crippen molar-refractivity contribution in [3.05, 3.63) is 70.7 Å². The number of thioether (sulfide) groups is 1. The fraction of sp³-hybridized carbons (Fsp3) is 0.176. The Bertz CT molecular complexity index is 714. The van der Waals surface area contributed by atoms with Crippen LogP contribution in [-0.2, 0) is 16.0 Å². The molecule has 0 radical (unpaired) electrons. The van der Waals surface area contributed by atoms with Crippen molar-refractivity contribution in [3.8, 4) is 0 Å². The molecule has 2 nitrogen and oxygen atoms in total. The minimum atomic E-state index is -0.627. The van der Waals surface area contributed by atoms with Gasteiger partial charge in [0.05, 0.1) is 5.04 Å². The van der Waals surface area contributed by atoms with Crippen LogP contribution in [0, 0.1) is 0 Å². The third-order valence-electron chi connectivity index (χ3n) is 3.58. The van der Waals surface area contributed by atoms with E-state index in [1.54, 1.807) is 0 Å². The smallest absolute Gasteiger partial charge is 0.267 e. The molecule has 0 saturated heterocycles. The Labute approximate surface area is 133 Å². The van der Waals surface area contributed by atoms with Gasteiger partial charge in [-0.2, -0.15) is 0 Å². The summed E-state index contributed by atoms with van der Waals surface area (Å²) in [6, 6.07) is 17.4. The van der Waals surface area contributed by atoms with Gasteiger partial charge < -0.3 is 0 Å². The van der Waals surface area contributed by atoms with E-state index in [1.165, 1.54) is 11.8 Å². The topological polar surface area (TPSA) is 29.4 Å². The molecule has 3 rings (SSSR count). The number of hydrogen-bond acceptors (Lipinski definition) is 2. The molecule has 0 bridgehead atoms. The maximum Gasteiger partial charge on any atom is 0.267 e. The van der Waals surface area contributed by atoms with E-state index in [-0.39, 0.29) is 5.91 Å². The average Bonchev–Trinajstić information content (AvgIpc) is 2.78. The highest BCUT2D eigenvalue weighted by atomic mass is 35.5. The lowest BCUT2D eigenvalue weighted by Crippen LogP contribution is -2.23. The molecule has 106 valence electrons. The van der Waals surface area contributed by atoms with Crippen molar-refractivity contribution in [1.82, 2.24) is 0 Å². The van der Waals surface area contributed by atoms with Crippen LogP contribution in [0.5, 0.6) is 0 Å². The first-order valence-electron chi connectivity index (χ1n) is 6.69. The molecule has 1 atom stereocenters. The highest BCUT2D eigenvalue weighted by Crippen LogP contribution is 2.43. The lowest BCUT2D eigenvalue weighted by atomic mass is 10.00. The highest BCUT2D eigenvalue weighted by molar-refractivity contribution is 8.15. The van der Waals surface area contributed by atoms with Crippen molar-refractivity contribution >= 4 is 34.3 Å². The third kappa shape index (κ3) is 2.76. The molecular weight excluding hydrogens is 302 g/mol. The van der Waals surface area contributed by atoms with Crippen LogP contribution in [0.1, 0.15) is 18.1 Å². The van der Waals surface area contributed by atoms with Crippen molar-refractivity contribution in [2.45, 2.75) is 18.1 Å². The SMILES string of the molecule is C[C@@]1(c2ccccc2)SC(Cc2ccccc2Cl)=NC1=O. The zero-order chi connectivity index (χ0) is 14.9. The molecule has 4 heteroatoms. The predicted molar refractivity (Wildman–Crippen MR) is 89.0 cm³/mol. The van der Waals surface area contributed by atoms with E-state index in [4.69, 9.17) is 11.6 Å². The van der Waals surface area contributed by atoms with Crippen LogP contribution in [0.25, 0.3) is 0 Å². The first kappa shape index (κ1) is 14.4. The van der Waals surface area contributed by atoms with Crippen LogP contribution in [0.2, 0.25) is 5.02 Å². The zero-order valence-electron chi connectivity index (χ0n) is 11.5. The van der Waals surface area contributed by atoms with Crippen LogP contribution in [0.3, 0.4) is 0 Å². The van der Waals surface area contributed by atoms with Gasteiger partial charge in [-0.1, -0.05) is 71.9 Å². The van der Waals surface area contributed by atoms with Gasteiger partial charge in [0, 0.05) is 11.4 Å². The maximum atomic E-state index is 12.3. The first-order valence-corrected chi connectivity index (χ1v) is 7.89. The van der Waals surface area contributed by atoms with Gasteiger partial charge in [-0.05, 0) is 24.1 Å². The number of halogens is 1. The van der Waals surface area contributed by atoms with E-state index < -0.39 is 4.75 Å². The third-order valence-corrected chi connectivity index (χ3v) is 5.24. The number of benzene rings is 2. The molecule has 21 heavy (non-hydrogen) atoms. The molecule has 0 spiro atoms. The van der Waals surface area contributed by atoms with Crippen LogP contribution in [0.15, 0.2) is 59.6 Å². The van der Waals surface area contributed by atoms with E-state index in [1.807, 2.05) is 61.5 Å². The van der Waals surface area contributed by atoms with E-state index >= 15 is 0 Å². The van der Waals surface area contributed by atoms with Gasteiger partial charge in [0.1, 0.15) is 4.75 Å². The van der Waals surface area contributed by atoms with Crippen molar-refractivity contribution in [2.75, 3.05) is 0 Å². The van der Waals surface area contributed by atoms with Gasteiger partial charge in [0.2, 0.25) is 0 Å². The Morgan fingerprint density at radius 1 is 1.10 bits per heavy atom. The summed E-state index contributed by atoms with van der Waals surface area (Å²) in [5.74, 6) is -0.0965. The molecule has 1 aliphatic heterocycles. The first-order chi connectivity index (χ1) is 10.1. The predicted octanol–water partition coefficient (Wildman–Crippen LogP) is 4.47. The number of rotatable bonds is 3. The minimum Gasteiger partial charge on any atom is -0.271 e. The Morgan fingerprint density at radius 2 is 1.76 bits per heavy atom. The normalized spacial score (nSPS) is 21.4. The standard InChI is InChI=1S/C17H14ClNOS/c1-17(13-8-3-2-4-9-13)16(20)19-15(21-17)11-12-7-5-6-10-14(12)18/h2-10H,11H2,1H3/t17-/m0/s1. The van der Waals surface area contributed by atoms with Gasteiger partial charge in [-0.15, -0.1) is 0 Å². The Morgan fingerprint density at radius 3 is 2.48 bits per heavy atom. The molecule has 2 aromatic rings. The zero-order valence-corrected chi connectivity index (χ0v) is 13.1. The van der Waals surface area contributed by atoms with Crippen molar-refractivity contribution < 1.29 is 4.79 Å². The fourth-order valence-corrected chi connectivity index (χ4v) is 3.76. The van der Waals surface area contributed by atoms with Crippen LogP contribution < -0.4 is 0 Å². The molecule has 0 aromatic heterocycles. The molecule has 1 aliphatic rings. The van der Waals surface area contributed by atoms with Crippen LogP contribution in [-0.4, -0.2) is 11.0 Å². The summed E-state index contributed by atoms with van der Waals surface area (Å²) in [4.78, 5) is 16.6. The molecular formula is C17H14ClNOS. The fourth-order valence-electron chi connectivity index (χ4n) is 2.34. The Balaban J connectivity index is 1.84. The summed E-state index contributed by atoms with van der Waals surface area (Å²) in [5.41, 5.74) is 1.98. The van der Waals surface area contributed by atoms with Crippen LogP contribution >= 0.6 is 23.4 Å². The number of amides is 1. The van der Waals surface area contributed by atoms with Gasteiger partial charge in [-0.3, -0.25) is 4.79 Å². The van der Waals surface area contributed by atoms with E-state index in [0.717, 1.165) is 16.2 Å². The number of hydrogen-bond donors (Lipinski definition) is 0. The van der Waals surface area contributed by atoms with E-state index in [0.29, 0.717) is 11.4 Å². The summed E-state index contributed by atoms with van der Waals surface area (Å²) in [7, 11) is 0. The minimum absolute atomic E-state index is 0.0965. The van der Waals surface area contributed by atoms with Crippen molar-refractivity contribution in [2.24, 2.45) is 4.99 Å². The van der Waals surface area contributed by atoms with Gasteiger partial charge in [0.25, 0.3) is 5.91 Å². The van der Waals surface area contributed by atoms with Gasteiger partial charge >= 0.3 is 0 Å². The number of carbonyl (C=O) groups is 1. The number of carbonyl (C=O) groups excluding carboxylic acids is 1. The molecule has 0 fully saturated rings. The quantitative estimate of drug-likeness (QED) is 0.836. The second-order valence-corrected chi connectivity index (χ2v) is 6.98.